The number of amides is 3. The van der Waals surface area contributed by atoms with Gasteiger partial charge in [0.05, 0.1) is 6.54 Å². The van der Waals surface area contributed by atoms with E-state index in [4.69, 9.17) is 5.73 Å². The van der Waals surface area contributed by atoms with E-state index in [0.717, 1.165) is 10.0 Å². The van der Waals surface area contributed by atoms with Gasteiger partial charge in [-0.3, -0.25) is 4.79 Å². The van der Waals surface area contributed by atoms with Crippen LogP contribution in [0.1, 0.15) is 5.56 Å². The Bertz CT molecular complexity index is 421. The van der Waals surface area contributed by atoms with Crippen molar-refractivity contribution >= 4 is 33.6 Å². The number of anilines is 1. The van der Waals surface area contributed by atoms with E-state index in [1.54, 1.807) is 6.07 Å². The molecule has 0 unspecified atom stereocenters. The van der Waals surface area contributed by atoms with Crippen molar-refractivity contribution in [2.75, 3.05) is 11.9 Å². The number of carbonyl (C=O) groups excluding carboxylic acids is 2. The van der Waals surface area contributed by atoms with E-state index in [9.17, 15) is 9.59 Å². The Labute approximate surface area is 102 Å². The number of benzene rings is 1. The molecule has 1 rings (SSSR count). The van der Waals surface area contributed by atoms with Crippen molar-refractivity contribution in [1.29, 1.82) is 0 Å². The van der Waals surface area contributed by atoms with Crippen LogP contribution >= 0.6 is 15.9 Å². The molecule has 0 bridgehead atoms. The summed E-state index contributed by atoms with van der Waals surface area (Å²) in [6, 6.07) is 4.77. The molecular weight excluding hydrogens is 274 g/mol. The standard InChI is InChI=1S/C10H12BrN3O2/c1-6-4-7(11)2-3-8(6)14-9(15)5-13-10(12)16/h2-4H,5H2,1H3,(H,14,15)(H3,12,13,16). The summed E-state index contributed by atoms with van der Waals surface area (Å²) in [5.41, 5.74) is 6.49. The number of rotatable bonds is 3. The maximum atomic E-state index is 11.4. The molecule has 0 saturated carbocycles. The van der Waals surface area contributed by atoms with Gasteiger partial charge in [-0.1, -0.05) is 15.9 Å². The fourth-order valence-electron chi connectivity index (χ4n) is 1.13. The normalized spacial score (nSPS) is 9.62. The summed E-state index contributed by atoms with van der Waals surface area (Å²) in [7, 11) is 0. The van der Waals surface area contributed by atoms with E-state index in [0.29, 0.717) is 5.69 Å². The summed E-state index contributed by atoms with van der Waals surface area (Å²) in [6.07, 6.45) is 0. The zero-order valence-corrected chi connectivity index (χ0v) is 10.3. The second-order valence-corrected chi connectivity index (χ2v) is 4.14. The molecule has 6 heteroatoms. The lowest BCUT2D eigenvalue weighted by Crippen LogP contribution is -2.36. The number of nitrogens with one attached hydrogen (secondary N) is 2. The molecule has 4 N–H and O–H groups in total. The first-order chi connectivity index (χ1) is 7.49. The largest absolute Gasteiger partial charge is 0.352 e. The Morgan fingerprint density at radius 3 is 2.69 bits per heavy atom. The van der Waals surface area contributed by atoms with Gasteiger partial charge in [-0.25, -0.2) is 4.79 Å². The molecule has 1 aromatic carbocycles. The Morgan fingerprint density at radius 1 is 1.44 bits per heavy atom. The number of primary amides is 1. The SMILES string of the molecule is Cc1cc(Br)ccc1NC(=O)CNC(N)=O. The average molecular weight is 286 g/mol. The van der Waals surface area contributed by atoms with Crippen LogP contribution in [0.4, 0.5) is 10.5 Å². The van der Waals surface area contributed by atoms with Gasteiger partial charge in [0.25, 0.3) is 0 Å². The first-order valence-corrected chi connectivity index (χ1v) is 5.37. The minimum atomic E-state index is -0.720. The second-order valence-electron chi connectivity index (χ2n) is 3.23. The molecule has 0 radical (unpaired) electrons. The Balaban J connectivity index is 2.59. The molecule has 0 atom stereocenters. The molecule has 0 spiro atoms. The number of halogens is 1. The quantitative estimate of drug-likeness (QED) is 0.784. The fraction of sp³-hybridized carbons (Fsp3) is 0.200. The van der Waals surface area contributed by atoms with E-state index in [1.165, 1.54) is 0 Å². The van der Waals surface area contributed by atoms with Gasteiger partial charge in [-0.2, -0.15) is 0 Å². The van der Waals surface area contributed by atoms with Crippen LogP contribution in [0.5, 0.6) is 0 Å². The van der Waals surface area contributed by atoms with Crippen molar-refractivity contribution in [3.8, 4) is 0 Å². The zero-order chi connectivity index (χ0) is 12.1. The highest BCUT2D eigenvalue weighted by molar-refractivity contribution is 9.10. The first kappa shape index (κ1) is 12.5. The molecule has 1 aromatic rings. The van der Waals surface area contributed by atoms with Gasteiger partial charge in [-0.05, 0) is 30.7 Å². The van der Waals surface area contributed by atoms with Gasteiger partial charge in [0.1, 0.15) is 0 Å². The Morgan fingerprint density at radius 2 is 2.12 bits per heavy atom. The molecule has 3 amide bonds. The topological polar surface area (TPSA) is 84.2 Å². The van der Waals surface area contributed by atoms with Crippen LogP contribution in [-0.2, 0) is 4.79 Å². The van der Waals surface area contributed by atoms with E-state index in [-0.39, 0.29) is 12.5 Å². The van der Waals surface area contributed by atoms with E-state index < -0.39 is 6.03 Å². The Hall–Kier alpha value is -1.56. The van der Waals surface area contributed by atoms with Gasteiger partial charge in [0.2, 0.25) is 5.91 Å². The van der Waals surface area contributed by atoms with Crippen LogP contribution in [0.2, 0.25) is 0 Å². The van der Waals surface area contributed by atoms with Crippen molar-refractivity contribution in [3.05, 3.63) is 28.2 Å². The minimum Gasteiger partial charge on any atom is -0.352 e. The summed E-state index contributed by atoms with van der Waals surface area (Å²) >= 11 is 3.33. The lowest BCUT2D eigenvalue weighted by molar-refractivity contribution is -0.115. The van der Waals surface area contributed by atoms with Crippen molar-refractivity contribution < 1.29 is 9.59 Å². The van der Waals surface area contributed by atoms with Gasteiger partial charge in [0, 0.05) is 10.2 Å². The molecule has 16 heavy (non-hydrogen) atoms. The summed E-state index contributed by atoms with van der Waals surface area (Å²) < 4.78 is 0.943. The zero-order valence-electron chi connectivity index (χ0n) is 8.71. The van der Waals surface area contributed by atoms with Gasteiger partial charge in [-0.15, -0.1) is 0 Å². The molecule has 0 aliphatic rings. The number of nitrogens with two attached hydrogens (primary N) is 1. The molecule has 0 fully saturated rings. The number of hydrogen-bond donors (Lipinski definition) is 3. The third-order valence-corrected chi connectivity index (χ3v) is 2.38. The molecule has 86 valence electrons. The summed E-state index contributed by atoms with van der Waals surface area (Å²) in [4.78, 5) is 21.8. The van der Waals surface area contributed by atoms with Crippen LogP contribution in [-0.4, -0.2) is 18.5 Å². The first-order valence-electron chi connectivity index (χ1n) is 4.58. The van der Waals surface area contributed by atoms with E-state index >= 15 is 0 Å². The van der Waals surface area contributed by atoms with Crippen LogP contribution in [0.15, 0.2) is 22.7 Å². The minimum absolute atomic E-state index is 0.134. The molecule has 0 aliphatic heterocycles. The third kappa shape index (κ3) is 3.90. The average Bonchev–Trinajstić information content (AvgIpc) is 2.19. The van der Waals surface area contributed by atoms with Gasteiger partial charge >= 0.3 is 6.03 Å². The van der Waals surface area contributed by atoms with Crippen LogP contribution in [0, 0.1) is 6.92 Å². The maximum Gasteiger partial charge on any atom is 0.312 e. The van der Waals surface area contributed by atoms with Crippen molar-refractivity contribution in [2.24, 2.45) is 5.73 Å². The van der Waals surface area contributed by atoms with Gasteiger partial charge < -0.3 is 16.4 Å². The van der Waals surface area contributed by atoms with E-state index in [2.05, 4.69) is 26.6 Å². The molecule has 5 nitrogen and oxygen atoms in total. The molecule has 0 aromatic heterocycles. The highest BCUT2D eigenvalue weighted by atomic mass is 79.9. The van der Waals surface area contributed by atoms with Crippen LogP contribution < -0.4 is 16.4 Å². The van der Waals surface area contributed by atoms with Crippen LogP contribution in [0.3, 0.4) is 0 Å². The Kier molecular flexibility index (Phi) is 4.30. The predicted molar refractivity (Wildman–Crippen MR) is 65.1 cm³/mol. The van der Waals surface area contributed by atoms with Crippen molar-refractivity contribution in [3.63, 3.8) is 0 Å². The molecule has 0 heterocycles. The van der Waals surface area contributed by atoms with E-state index in [1.807, 2.05) is 19.1 Å². The molecule has 0 aliphatic carbocycles. The van der Waals surface area contributed by atoms with Crippen LogP contribution in [0.25, 0.3) is 0 Å². The lowest BCUT2D eigenvalue weighted by Gasteiger charge is -2.08. The number of hydrogen-bond acceptors (Lipinski definition) is 2. The number of aryl methyl sites for hydroxylation is 1. The highest BCUT2D eigenvalue weighted by Crippen LogP contribution is 2.19. The second kappa shape index (κ2) is 5.50. The summed E-state index contributed by atoms with van der Waals surface area (Å²) in [5.74, 6) is -0.316. The fourth-order valence-corrected chi connectivity index (χ4v) is 1.60. The van der Waals surface area contributed by atoms with Crippen molar-refractivity contribution in [1.82, 2.24) is 5.32 Å². The number of urea groups is 1. The third-order valence-electron chi connectivity index (χ3n) is 1.89. The highest BCUT2D eigenvalue weighted by Gasteiger charge is 2.05. The maximum absolute atomic E-state index is 11.4. The summed E-state index contributed by atoms with van der Waals surface area (Å²) in [6.45, 7) is 1.74. The lowest BCUT2D eigenvalue weighted by atomic mass is 10.2. The van der Waals surface area contributed by atoms with Gasteiger partial charge in [0.15, 0.2) is 0 Å². The smallest absolute Gasteiger partial charge is 0.312 e. The van der Waals surface area contributed by atoms with Crippen molar-refractivity contribution in [2.45, 2.75) is 6.92 Å². The number of carbonyl (C=O) groups is 2. The molecular formula is C10H12BrN3O2. The monoisotopic (exact) mass is 285 g/mol. The predicted octanol–water partition coefficient (Wildman–Crippen LogP) is 1.36. The summed E-state index contributed by atoms with van der Waals surface area (Å²) in [5, 5.41) is 4.88. The molecule has 0 saturated heterocycles.